The number of hydrogen-bond acceptors (Lipinski definition) is 12. The lowest BCUT2D eigenvalue weighted by Gasteiger charge is -2.29. The van der Waals surface area contributed by atoms with Crippen LogP contribution in [-0.4, -0.2) is 136 Å². The molecule has 0 saturated carbocycles. The van der Waals surface area contributed by atoms with E-state index >= 15 is 0 Å². The first kappa shape index (κ1) is 62.7. The van der Waals surface area contributed by atoms with Crippen LogP contribution in [0.25, 0.3) is 0 Å². The van der Waals surface area contributed by atoms with Crippen LogP contribution < -0.4 is 48.3 Å². The quantitative estimate of drug-likeness (QED) is 0.0471. The summed E-state index contributed by atoms with van der Waals surface area (Å²) < 4.78 is 0. The van der Waals surface area contributed by atoms with Gasteiger partial charge >= 0.3 is 5.97 Å². The van der Waals surface area contributed by atoms with Gasteiger partial charge in [0.25, 0.3) is 5.97 Å². The fraction of sp³-hybridized carbons (Fsp3) is 0.773. The maximum absolute atomic E-state index is 13.6. The average molecular weight is 944 g/mol. The van der Waals surface area contributed by atoms with E-state index in [0.717, 1.165) is 6.92 Å². The molecule has 11 atom stereocenters. The summed E-state index contributed by atoms with van der Waals surface area (Å²) in [7, 11) is 0. The maximum atomic E-state index is 13.6. The summed E-state index contributed by atoms with van der Waals surface area (Å²) in [6, 6.07) is -9.32. The molecule has 0 aliphatic carbocycles. The number of carboxylic acid groups (broad SMARTS) is 2. The summed E-state index contributed by atoms with van der Waals surface area (Å²) in [5, 5.41) is 47.3. The molecule has 0 saturated heterocycles. The summed E-state index contributed by atoms with van der Waals surface area (Å²) in [6.45, 7) is 22.0. The zero-order chi connectivity index (χ0) is 51.8. The SMILES string of the molecule is CC(=O)O.CC[C@H](C)[C@H](N)C(=O)N[C@H](C(=O)N[C@@H](CO)C(=O)N[C@@H](C)C(=O)N[C@H](C(=O)N[C@H](C(=O)NCC(=O)N[C@H](C(=O)N[C@@H](CC(C)C)C(=O)O)[C@@H](C)CC)C(C)C)C(C)C)[C@@H](C)CC. The Balaban J connectivity index is 0. The lowest BCUT2D eigenvalue weighted by molar-refractivity contribution is -0.143. The molecule has 380 valence electrons. The van der Waals surface area contributed by atoms with Gasteiger partial charge in [0, 0.05) is 6.92 Å². The second-order valence-electron chi connectivity index (χ2n) is 17.9. The number of aliphatic hydroxyl groups is 1. The van der Waals surface area contributed by atoms with Gasteiger partial charge in [0.2, 0.25) is 47.3 Å². The molecule has 0 aromatic carbocycles. The van der Waals surface area contributed by atoms with Crippen molar-refractivity contribution in [2.24, 2.45) is 41.2 Å². The van der Waals surface area contributed by atoms with E-state index in [9.17, 15) is 53.4 Å². The molecule has 22 heteroatoms. The molecule has 0 heterocycles. The minimum atomic E-state index is -1.50. The van der Waals surface area contributed by atoms with Gasteiger partial charge in [0.1, 0.15) is 42.3 Å². The molecular weight excluding hydrogens is 863 g/mol. The van der Waals surface area contributed by atoms with Crippen LogP contribution in [0.2, 0.25) is 0 Å². The Morgan fingerprint density at radius 1 is 0.485 bits per heavy atom. The van der Waals surface area contributed by atoms with Crippen molar-refractivity contribution in [3.05, 3.63) is 0 Å². The van der Waals surface area contributed by atoms with E-state index in [1.807, 2.05) is 34.6 Å². The Hall–Kier alpha value is -5.38. The third-order valence-electron chi connectivity index (χ3n) is 11.0. The van der Waals surface area contributed by atoms with Crippen LogP contribution in [0.4, 0.5) is 0 Å². The molecule has 22 nitrogen and oxygen atoms in total. The molecule has 0 fully saturated rings. The predicted molar refractivity (Wildman–Crippen MR) is 246 cm³/mol. The van der Waals surface area contributed by atoms with Crippen LogP contribution in [0.3, 0.4) is 0 Å². The van der Waals surface area contributed by atoms with Gasteiger partial charge in [0.15, 0.2) is 0 Å². The van der Waals surface area contributed by atoms with Gasteiger partial charge in [-0.05, 0) is 48.9 Å². The molecule has 13 N–H and O–H groups in total. The van der Waals surface area contributed by atoms with E-state index in [-0.39, 0.29) is 30.1 Å². The van der Waals surface area contributed by atoms with E-state index in [4.69, 9.17) is 15.6 Å². The number of rotatable bonds is 28. The number of aliphatic hydroxyl groups excluding tert-OH is 1. The molecule has 66 heavy (non-hydrogen) atoms. The van der Waals surface area contributed by atoms with Gasteiger partial charge in [-0.15, -0.1) is 0 Å². The zero-order valence-corrected chi connectivity index (χ0v) is 41.3. The standard InChI is InChI=1S/C42H77N9O11.C2H4O2/c1-14-23(10)30(43)37(56)51-34(25(12)16-3)41(60)47-28(19-52)36(55)45-26(13)35(54)49-32(22(8)9)39(58)50-31(21(6)7)38(57)44-18-29(53)48-33(24(11)15-2)40(59)46-27(42(61)62)17-20(4)5;1-2(3)4/h20-28,30-34,52H,14-19,43H2,1-13H3,(H,44,57)(H,45,55)(H,46,59)(H,47,60)(H,48,53)(H,49,54)(H,50,58)(H,51,56)(H,61,62);1H3,(H,3,4)/t23-,24-,25-,26-,27-,28-,30-,31-,32-,33-,34-;/m0./s1. The van der Waals surface area contributed by atoms with E-state index in [0.29, 0.717) is 19.3 Å². The molecule has 0 unspecified atom stereocenters. The topological polar surface area (TPSA) is 354 Å². The summed E-state index contributed by atoms with van der Waals surface area (Å²) in [4.78, 5) is 126. The molecule has 0 aliphatic rings. The van der Waals surface area contributed by atoms with Crippen molar-refractivity contribution < 1.29 is 63.3 Å². The van der Waals surface area contributed by atoms with Gasteiger partial charge in [-0.1, -0.05) is 102 Å². The minimum Gasteiger partial charge on any atom is -0.481 e. The Bertz CT molecular complexity index is 1620. The number of aliphatic carboxylic acids is 2. The Labute approximate surface area is 389 Å². The summed E-state index contributed by atoms with van der Waals surface area (Å²) in [5.41, 5.74) is 6.06. The third-order valence-corrected chi connectivity index (χ3v) is 11.0. The number of carbonyl (C=O) groups excluding carboxylic acids is 8. The Morgan fingerprint density at radius 2 is 0.879 bits per heavy atom. The van der Waals surface area contributed by atoms with E-state index in [1.54, 1.807) is 48.5 Å². The largest absolute Gasteiger partial charge is 0.481 e. The number of carbonyl (C=O) groups is 10. The maximum Gasteiger partial charge on any atom is 0.326 e. The molecule has 0 radical (unpaired) electrons. The van der Waals surface area contributed by atoms with Crippen LogP contribution in [0.5, 0.6) is 0 Å². The highest BCUT2D eigenvalue weighted by atomic mass is 16.4. The summed E-state index contributed by atoms with van der Waals surface area (Å²) >= 11 is 0. The fourth-order valence-corrected chi connectivity index (χ4v) is 6.05. The molecule has 0 rings (SSSR count). The predicted octanol–water partition coefficient (Wildman–Crippen LogP) is -0.492. The van der Waals surface area contributed by atoms with Crippen LogP contribution in [0.1, 0.15) is 123 Å². The minimum absolute atomic E-state index is 0.0222. The van der Waals surface area contributed by atoms with E-state index < -0.39 is 133 Å². The van der Waals surface area contributed by atoms with Gasteiger partial charge in [-0.2, -0.15) is 0 Å². The van der Waals surface area contributed by atoms with Crippen molar-refractivity contribution in [2.45, 2.75) is 171 Å². The van der Waals surface area contributed by atoms with Crippen molar-refractivity contribution in [2.75, 3.05) is 13.2 Å². The molecular formula is C44H81N9O13. The lowest BCUT2D eigenvalue weighted by atomic mass is 9.95. The number of carboxylic acids is 2. The second-order valence-corrected chi connectivity index (χ2v) is 17.9. The number of amides is 8. The first-order valence-electron chi connectivity index (χ1n) is 22.7. The first-order chi connectivity index (χ1) is 30.5. The van der Waals surface area contributed by atoms with Gasteiger partial charge in [0.05, 0.1) is 19.2 Å². The summed E-state index contributed by atoms with van der Waals surface area (Å²) in [6.07, 6.45) is 1.79. The van der Waals surface area contributed by atoms with Crippen LogP contribution in [-0.2, 0) is 47.9 Å². The highest BCUT2D eigenvalue weighted by Crippen LogP contribution is 2.13. The molecule has 0 aromatic heterocycles. The number of nitrogens with one attached hydrogen (secondary N) is 8. The van der Waals surface area contributed by atoms with Crippen molar-refractivity contribution >= 4 is 59.2 Å². The molecule has 8 amide bonds. The third kappa shape index (κ3) is 23.2. The molecule has 0 bridgehead atoms. The van der Waals surface area contributed by atoms with Crippen molar-refractivity contribution in [3.8, 4) is 0 Å². The highest BCUT2D eigenvalue weighted by Gasteiger charge is 2.35. The first-order valence-corrected chi connectivity index (χ1v) is 22.7. The molecule has 0 aliphatic heterocycles. The van der Waals surface area contributed by atoms with E-state index in [1.165, 1.54) is 6.92 Å². The monoisotopic (exact) mass is 944 g/mol. The fourth-order valence-electron chi connectivity index (χ4n) is 6.05. The Morgan fingerprint density at radius 3 is 1.29 bits per heavy atom. The Kier molecular flexibility index (Phi) is 29.9. The molecule has 0 aromatic rings. The van der Waals surface area contributed by atoms with Crippen molar-refractivity contribution in [3.63, 3.8) is 0 Å². The van der Waals surface area contributed by atoms with Gasteiger partial charge < -0.3 is 63.6 Å². The lowest BCUT2D eigenvalue weighted by Crippen LogP contribution is -2.61. The summed E-state index contributed by atoms with van der Waals surface area (Å²) in [5.74, 6) is -9.80. The second kappa shape index (κ2) is 31.5. The number of nitrogens with two attached hydrogens (primary N) is 1. The van der Waals surface area contributed by atoms with E-state index in [2.05, 4.69) is 42.5 Å². The van der Waals surface area contributed by atoms with Crippen molar-refractivity contribution in [1.82, 2.24) is 42.5 Å². The molecule has 0 spiro atoms. The van der Waals surface area contributed by atoms with Gasteiger partial charge in [-0.3, -0.25) is 43.2 Å². The highest BCUT2D eigenvalue weighted by molar-refractivity contribution is 5.97. The smallest absolute Gasteiger partial charge is 0.326 e. The zero-order valence-electron chi connectivity index (χ0n) is 41.3. The van der Waals surface area contributed by atoms with Crippen molar-refractivity contribution in [1.29, 1.82) is 0 Å². The van der Waals surface area contributed by atoms with Crippen LogP contribution >= 0.6 is 0 Å². The normalized spacial score (nSPS) is 16.1. The van der Waals surface area contributed by atoms with Gasteiger partial charge in [-0.25, -0.2) is 4.79 Å². The average Bonchev–Trinajstić information content (AvgIpc) is 3.23. The van der Waals surface area contributed by atoms with Crippen LogP contribution in [0.15, 0.2) is 0 Å². The number of hydrogen-bond donors (Lipinski definition) is 12. The van der Waals surface area contributed by atoms with Crippen LogP contribution in [0, 0.1) is 35.5 Å².